The predicted octanol–water partition coefficient (Wildman–Crippen LogP) is 3.00. The Labute approximate surface area is 121 Å². The number of ether oxygens (including phenoxy) is 1. The van der Waals surface area contributed by atoms with Crippen LogP contribution in [0.25, 0.3) is 0 Å². The van der Waals surface area contributed by atoms with E-state index in [1.54, 1.807) is 0 Å². The Morgan fingerprint density at radius 2 is 2.14 bits per heavy atom. The fourth-order valence-electron chi connectivity index (χ4n) is 1.57. The predicted molar refractivity (Wildman–Crippen MR) is 72.5 cm³/mol. The number of amides is 1. The van der Waals surface area contributed by atoms with Crippen molar-refractivity contribution in [3.63, 3.8) is 0 Å². The molecule has 0 aliphatic rings. The number of hydrogen-bond acceptors (Lipinski definition) is 5. The maximum absolute atomic E-state index is 13.0. The summed E-state index contributed by atoms with van der Waals surface area (Å²) in [4.78, 5) is 15.6. The van der Waals surface area contributed by atoms with Crippen LogP contribution >= 0.6 is 11.3 Å². The van der Waals surface area contributed by atoms with E-state index in [-0.39, 0.29) is 22.3 Å². The Morgan fingerprint density at radius 1 is 1.43 bits per heavy atom. The largest absolute Gasteiger partial charge is 0.497 e. The molecule has 0 unspecified atom stereocenters. The molecule has 2 aromatic rings. The molecule has 0 aliphatic carbocycles. The number of nitrogen functional groups attached to an aromatic ring is 1. The first kappa shape index (κ1) is 15.1. The zero-order valence-electron chi connectivity index (χ0n) is 10.7. The Hall–Kier alpha value is -2.29. The van der Waals surface area contributed by atoms with Crippen LogP contribution in [0.3, 0.4) is 0 Å². The van der Waals surface area contributed by atoms with Crippen molar-refractivity contribution in [2.75, 3.05) is 18.2 Å². The highest BCUT2D eigenvalue weighted by molar-refractivity contribution is 7.13. The van der Waals surface area contributed by atoms with Gasteiger partial charge < -0.3 is 15.8 Å². The van der Waals surface area contributed by atoms with Gasteiger partial charge in [-0.15, -0.1) is 11.3 Å². The third-order valence-corrected chi connectivity index (χ3v) is 3.21. The quantitative estimate of drug-likeness (QED) is 0.912. The molecule has 9 heteroatoms. The van der Waals surface area contributed by atoms with Crippen molar-refractivity contribution in [1.29, 1.82) is 0 Å². The molecule has 1 heterocycles. The molecule has 0 saturated carbocycles. The van der Waals surface area contributed by atoms with Crippen LogP contribution in [-0.2, 0) is 6.18 Å². The molecule has 0 atom stereocenters. The van der Waals surface area contributed by atoms with Crippen LogP contribution in [-0.4, -0.2) is 18.0 Å². The lowest BCUT2D eigenvalue weighted by Gasteiger charge is -2.14. The van der Waals surface area contributed by atoms with E-state index in [9.17, 15) is 18.0 Å². The van der Waals surface area contributed by atoms with Gasteiger partial charge in [-0.1, -0.05) is 0 Å². The van der Waals surface area contributed by atoms with Gasteiger partial charge in [0, 0.05) is 5.38 Å². The number of thiazole rings is 1. The molecular formula is C12H10F3N3O2S. The molecule has 5 nitrogen and oxygen atoms in total. The van der Waals surface area contributed by atoms with Crippen molar-refractivity contribution in [3.05, 3.63) is 34.8 Å². The second-order valence-corrected chi connectivity index (χ2v) is 4.82. The molecule has 112 valence electrons. The van der Waals surface area contributed by atoms with E-state index in [4.69, 9.17) is 10.5 Å². The first-order valence-electron chi connectivity index (χ1n) is 5.59. The van der Waals surface area contributed by atoms with E-state index < -0.39 is 17.6 Å². The Morgan fingerprint density at radius 3 is 2.67 bits per heavy atom. The van der Waals surface area contributed by atoms with Gasteiger partial charge in [0.25, 0.3) is 5.91 Å². The first-order valence-corrected chi connectivity index (χ1v) is 6.47. The van der Waals surface area contributed by atoms with Crippen LogP contribution in [0.5, 0.6) is 5.75 Å². The van der Waals surface area contributed by atoms with Crippen LogP contribution in [0, 0.1) is 0 Å². The lowest BCUT2D eigenvalue weighted by Crippen LogP contribution is -2.17. The van der Waals surface area contributed by atoms with Crippen molar-refractivity contribution in [3.8, 4) is 5.75 Å². The first-order chi connectivity index (χ1) is 9.81. The van der Waals surface area contributed by atoms with Crippen molar-refractivity contribution in [1.82, 2.24) is 4.98 Å². The number of hydrogen-bond donors (Lipinski definition) is 2. The van der Waals surface area contributed by atoms with Crippen molar-refractivity contribution < 1.29 is 22.7 Å². The van der Waals surface area contributed by atoms with E-state index in [0.29, 0.717) is 0 Å². The number of nitrogens with one attached hydrogen (secondary N) is 1. The van der Waals surface area contributed by atoms with Crippen LogP contribution in [0.15, 0.2) is 23.6 Å². The Balaban J connectivity index is 2.33. The highest BCUT2D eigenvalue weighted by Crippen LogP contribution is 2.37. The molecule has 1 aromatic carbocycles. The van der Waals surface area contributed by atoms with E-state index >= 15 is 0 Å². The molecule has 1 amide bonds. The minimum atomic E-state index is -4.63. The topological polar surface area (TPSA) is 77.2 Å². The van der Waals surface area contributed by atoms with Gasteiger partial charge in [0.1, 0.15) is 11.4 Å². The molecule has 0 saturated heterocycles. The number of nitrogens with zero attached hydrogens (tertiary/aromatic N) is 1. The average Bonchev–Trinajstić information content (AvgIpc) is 2.84. The maximum Gasteiger partial charge on any atom is 0.418 e. The van der Waals surface area contributed by atoms with Gasteiger partial charge in [0.2, 0.25) is 0 Å². The van der Waals surface area contributed by atoms with E-state index in [0.717, 1.165) is 23.5 Å². The number of methoxy groups -OCH3 is 1. The second kappa shape index (κ2) is 5.60. The van der Waals surface area contributed by atoms with Crippen molar-refractivity contribution in [2.45, 2.75) is 6.18 Å². The SMILES string of the molecule is COc1ccc(NC(=O)c2csc(N)n2)c(C(F)(F)F)c1. The molecule has 21 heavy (non-hydrogen) atoms. The summed E-state index contributed by atoms with van der Waals surface area (Å²) in [5.74, 6) is -0.725. The van der Waals surface area contributed by atoms with Crippen LogP contribution in [0.1, 0.15) is 16.1 Å². The summed E-state index contributed by atoms with van der Waals surface area (Å²) in [6, 6.07) is 3.25. The van der Waals surface area contributed by atoms with Gasteiger partial charge in [-0.3, -0.25) is 4.79 Å². The van der Waals surface area contributed by atoms with Crippen molar-refractivity contribution in [2.24, 2.45) is 0 Å². The number of halogens is 3. The van der Waals surface area contributed by atoms with Gasteiger partial charge in [-0.05, 0) is 18.2 Å². The minimum absolute atomic E-state index is 0.0400. The molecule has 2 rings (SSSR count). The maximum atomic E-state index is 13.0. The number of nitrogens with two attached hydrogens (primary N) is 1. The molecule has 1 aromatic heterocycles. The molecule has 0 aliphatic heterocycles. The second-order valence-electron chi connectivity index (χ2n) is 3.93. The zero-order chi connectivity index (χ0) is 15.6. The lowest BCUT2D eigenvalue weighted by atomic mass is 10.1. The van der Waals surface area contributed by atoms with Gasteiger partial charge in [-0.25, -0.2) is 4.98 Å². The van der Waals surface area contributed by atoms with Gasteiger partial charge in [0.05, 0.1) is 18.4 Å². The average molecular weight is 317 g/mol. The number of aromatic nitrogens is 1. The number of carbonyl (C=O) groups is 1. The molecule has 3 N–H and O–H groups in total. The van der Waals surface area contributed by atoms with E-state index in [1.807, 2.05) is 0 Å². The normalized spacial score (nSPS) is 11.2. The number of rotatable bonds is 3. The standard InChI is InChI=1S/C12H10F3N3O2S/c1-20-6-2-3-8(7(4-6)12(13,14)15)17-10(19)9-5-21-11(16)18-9/h2-5H,1H3,(H2,16,18)(H,17,19). The van der Waals surface area contributed by atoms with E-state index in [2.05, 4.69) is 10.3 Å². The summed E-state index contributed by atoms with van der Waals surface area (Å²) < 4.78 is 43.7. The zero-order valence-corrected chi connectivity index (χ0v) is 11.5. The summed E-state index contributed by atoms with van der Waals surface area (Å²) in [5, 5.41) is 3.69. The number of carbonyl (C=O) groups excluding carboxylic acids is 1. The number of benzene rings is 1. The molecule has 0 bridgehead atoms. The molecule has 0 spiro atoms. The summed E-state index contributed by atoms with van der Waals surface area (Å²) in [6.45, 7) is 0. The Kier molecular flexibility index (Phi) is 4.03. The number of anilines is 2. The van der Waals surface area contributed by atoms with Gasteiger partial charge >= 0.3 is 6.18 Å². The summed E-state index contributed by atoms with van der Waals surface area (Å²) in [5.41, 5.74) is 3.96. The minimum Gasteiger partial charge on any atom is -0.497 e. The fourth-order valence-corrected chi connectivity index (χ4v) is 2.12. The highest BCUT2D eigenvalue weighted by atomic mass is 32.1. The fraction of sp³-hybridized carbons (Fsp3) is 0.167. The lowest BCUT2D eigenvalue weighted by molar-refractivity contribution is -0.137. The molecule has 0 radical (unpaired) electrons. The Bertz CT molecular complexity index is 670. The summed E-state index contributed by atoms with van der Waals surface area (Å²) >= 11 is 1.02. The van der Waals surface area contributed by atoms with Crippen molar-refractivity contribution >= 4 is 28.1 Å². The van der Waals surface area contributed by atoms with Crippen LogP contribution < -0.4 is 15.8 Å². The smallest absolute Gasteiger partial charge is 0.418 e. The van der Waals surface area contributed by atoms with Crippen LogP contribution in [0.2, 0.25) is 0 Å². The van der Waals surface area contributed by atoms with Crippen LogP contribution in [0.4, 0.5) is 24.0 Å². The molecule has 0 fully saturated rings. The highest BCUT2D eigenvalue weighted by Gasteiger charge is 2.34. The monoisotopic (exact) mass is 317 g/mol. The van der Waals surface area contributed by atoms with Gasteiger partial charge in [0.15, 0.2) is 5.13 Å². The summed E-state index contributed by atoms with van der Waals surface area (Å²) in [7, 11) is 1.26. The van der Waals surface area contributed by atoms with E-state index in [1.165, 1.54) is 18.6 Å². The third-order valence-electron chi connectivity index (χ3n) is 2.53. The summed E-state index contributed by atoms with van der Waals surface area (Å²) in [6.07, 6.45) is -4.63. The molecular weight excluding hydrogens is 307 g/mol. The third kappa shape index (κ3) is 3.43. The van der Waals surface area contributed by atoms with Gasteiger partial charge in [-0.2, -0.15) is 13.2 Å². The number of alkyl halides is 3.